The van der Waals surface area contributed by atoms with Gasteiger partial charge in [-0.1, -0.05) is 32.5 Å². The molecule has 0 aliphatic heterocycles. The van der Waals surface area contributed by atoms with Crippen molar-refractivity contribution >= 4 is 44.9 Å². The zero-order valence-electron chi connectivity index (χ0n) is 8.74. The van der Waals surface area contributed by atoms with Crippen LogP contribution in [-0.2, 0) is 0 Å². The molecule has 2 nitrogen and oxygen atoms in total. The van der Waals surface area contributed by atoms with E-state index in [0.717, 1.165) is 15.2 Å². The van der Waals surface area contributed by atoms with Crippen LogP contribution in [0, 0.1) is 0 Å². The molecule has 0 amide bonds. The Labute approximate surface area is 102 Å². The predicted molar refractivity (Wildman–Crippen MR) is 68.0 cm³/mol. The van der Waals surface area contributed by atoms with Crippen LogP contribution in [-0.4, -0.2) is 14.7 Å². The lowest BCUT2D eigenvalue weighted by molar-refractivity contribution is 0.800. The first kappa shape index (κ1) is 11.2. The lowest BCUT2D eigenvalue weighted by Gasteiger charge is -2.16. The summed E-state index contributed by atoms with van der Waals surface area (Å²) in [5, 5.41) is 3.32. The summed E-state index contributed by atoms with van der Waals surface area (Å²) < 4.78 is 1.26. The topological polar surface area (TPSA) is 25.8 Å². The number of aromatic nitrogens is 2. The van der Waals surface area contributed by atoms with Gasteiger partial charge in [0.25, 0.3) is 0 Å². The second-order valence-electron chi connectivity index (χ2n) is 4.15. The molecule has 0 spiro atoms. The van der Waals surface area contributed by atoms with Crippen LogP contribution in [0.15, 0.2) is 16.5 Å². The van der Waals surface area contributed by atoms with E-state index in [1.165, 1.54) is 0 Å². The molecule has 2 aromatic heterocycles. The standard InChI is InChI=1S/C10H11ClN2S2/c1-10(2,3)15-8-7-6(4-5-14-7)12-9(11)13-8/h4-5H,1-3H3. The number of nitrogens with zero attached hydrogens (tertiary/aromatic N) is 2. The average molecular weight is 259 g/mol. The summed E-state index contributed by atoms with van der Waals surface area (Å²) >= 11 is 9.26. The molecule has 0 saturated carbocycles. The van der Waals surface area contributed by atoms with Crippen LogP contribution in [0.4, 0.5) is 0 Å². The highest BCUT2D eigenvalue weighted by Gasteiger charge is 2.17. The van der Waals surface area contributed by atoms with Crippen molar-refractivity contribution in [3.05, 3.63) is 16.7 Å². The van der Waals surface area contributed by atoms with Gasteiger partial charge in [-0.3, -0.25) is 0 Å². The number of rotatable bonds is 1. The minimum Gasteiger partial charge on any atom is -0.217 e. The average Bonchev–Trinajstić information content (AvgIpc) is 2.48. The van der Waals surface area contributed by atoms with Gasteiger partial charge in [-0.2, -0.15) is 0 Å². The van der Waals surface area contributed by atoms with E-state index >= 15 is 0 Å². The Balaban J connectivity index is 2.53. The first-order chi connectivity index (χ1) is 6.96. The zero-order chi connectivity index (χ0) is 11.1. The largest absolute Gasteiger partial charge is 0.224 e. The molecular formula is C10H11ClN2S2. The van der Waals surface area contributed by atoms with E-state index in [9.17, 15) is 0 Å². The molecular weight excluding hydrogens is 248 g/mol. The molecule has 2 rings (SSSR count). The number of halogens is 1. The molecule has 2 heterocycles. The van der Waals surface area contributed by atoms with Gasteiger partial charge in [-0.15, -0.1) is 11.3 Å². The Morgan fingerprint density at radius 3 is 2.73 bits per heavy atom. The molecule has 0 aromatic carbocycles. The second kappa shape index (κ2) is 3.92. The van der Waals surface area contributed by atoms with Crippen molar-refractivity contribution in [2.75, 3.05) is 0 Å². The van der Waals surface area contributed by atoms with E-state index in [0.29, 0.717) is 5.28 Å². The quantitative estimate of drug-likeness (QED) is 0.435. The van der Waals surface area contributed by atoms with Crippen LogP contribution in [0.3, 0.4) is 0 Å². The molecule has 0 saturated heterocycles. The number of hydrogen-bond acceptors (Lipinski definition) is 4. The number of fused-ring (bicyclic) bond motifs is 1. The third-order valence-corrected chi connectivity index (χ3v) is 3.96. The van der Waals surface area contributed by atoms with Gasteiger partial charge in [-0.25, -0.2) is 9.97 Å². The second-order valence-corrected chi connectivity index (χ2v) is 7.22. The molecule has 0 aliphatic rings. The summed E-state index contributed by atoms with van der Waals surface area (Å²) in [5.41, 5.74) is 0.937. The maximum absolute atomic E-state index is 5.88. The van der Waals surface area contributed by atoms with Gasteiger partial charge in [0.05, 0.1) is 10.2 Å². The highest BCUT2D eigenvalue weighted by molar-refractivity contribution is 8.00. The Bertz CT molecular complexity index is 488. The summed E-state index contributed by atoms with van der Waals surface area (Å²) in [6, 6.07) is 1.97. The first-order valence-electron chi connectivity index (χ1n) is 4.55. The lowest BCUT2D eigenvalue weighted by atomic mass is 10.3. The fraction of sp³-hybridized carbons (Fsp3) is 0.400. The predicted octanol–water partition coefficient (Wildman–Crippen LogP) is 4.24. The third-order valence-electron chi connectivity index (χ3n) is 1.65. The number of thioether (sulfide) groups is 1. The van der Waals surface area contributed by atoms with Crippen molar-refractivity contribution in [1.82, 2.24) is 9.97 Å². The molecule has 0 bridgehead atoms. The number of thiophene rings is 1. The van der Waals surface area contributed by atoms with Crippen LogP contribution in [0.1, 0.15) is 20.8 Å². The summed E-state index contributed by atoms with van der Waals surface area (Å²) in [7, 11) is 0. The fourth-order valence-electron chi connectivity index (χ4n) is 1.17. The molecule has 0 radical (unpaired) electrons. The van der Waals surface area contributed by atoms with Crippen LogP contribution >= 0.6 is 34.7 Å². The first-order valence-corrected chi connectivity index (χ1v) is 6.63. The Morgan fingerprint density at radius 1 is 1.33 bits per heavy atom. The lowest BCUT2D eigenvalue weighted by Crippen LogP contribution is -2.07. The third kappa shape index (κ3) is 2.62. The molecule has 0 unspecified atom stereocenters. The van der Waals surface area contributed by atoms with E-state index in [1.807, 2.05) is 11.4 Å². The molecule has 80 valence electrons. The minimum absolute atomic E-state index is 0.134. The van der Waals surface area contributed by atoms with E-state index in [2.05, 4.69) is 30.7 Å². The highest BCUT2D eigenvalue weighted by Crippen LogP contribution is 2.37. The summed E-state index contributed by atoms with van der Waals surface area (Å²) in [5.74, 6) is 0. The van der Waals surface area contributed by atoms with Crippen molar-refractivity contribution in [1.29, 1.82) is 0 Å². The van der Waals surface area contributed by atoms with Crippen molar-refractivity contribution in [2.45, 2.75) is 30.5 Å². The minimum atomic E-state index is 0.134. The fourth-order valence-corrected chi connectivity index (χ4v) is 3.29. The Hall–Kier alpha value is -0.320. The van der Waals surface area contributed by atoms with Gasteiger partial charge in [0, 0.05) is 4.75 Å². The van der Waals surface area contributed by atoms with Gasteiger partial charge in [0.2, 0.25) is 5.28 Å². The monoisotopic (exact) mass is 258 g/mol. The van der Waals surface area contributed by atoms with E-state index < -0.39 is 0 Å². The molecule has 0 aliphatic carbocycles. The van der Waals surface area contributed by atoms with Crippen molar-refractivity contribution in [3.8, 4) is 0 Å². The zero-order valence-corrected chi connectivity index (χ0v) is 11.1. The SMILES string of the molecule is CC(C)(C)Sc1nc(Cl)nc2ccsc12. The maximum Gasteiger partial charge on any atom is 0.224 e. The van der Waals surface area contributed by atoms with Crippen LogP contribution in [0.2, 0.25) is 5.28 Å². The smallest absolute Gasteiger partial charge is 0.217 e. The van der Waals surface area contributed by atoms with Crippen molar-refractivity contribution in [3.63, 3.8) is 0 Å². The van der Waals surface area contributed by atoms with Gasteiger partial charge >= 0.3 is 0 Å². The molecule has 0 N–H and O–H groups in total. The normalized spacial score (nSPS) is 12.3. The van der Waals surface area contributed by atoms with Gasteiger partial charge < -0.3 is 0 Å². The van der Waals surface area contributed by atoms with Gasteiger partial charge in [0.15, 0.2) is 0 Å². The van der Waals surface area contributed by atoms with Crippen LogP contribution in [0.5, 0.6) is 0 Å². The van der Waals surface area contributed by atoms with Crippen molar-refractivity contribution < 1.29 is 0 Å². The van der Waals surface area contributed by atoms with Crippen LogP contribution < -0.4 is 0 Å². The summed E-state index contributed by atoms with van der Waals surface area (Å²) in [6.07, 6.45) is 0. The molecule has 0 atom stereocenters. The highest BCUT2D eigenvalue weighted by atomic mass is 35.5. The molecule has 5 heteroatoms. The van der Waals surface area contributed by atoms with E-state index in [-0.39, 0.29) is 4.75 Å². The van der Waals surface area contributed by atoms with Crippen LogP contribution in [0.25, 0.3) is 10.2 Å². The van der Waals surface area contributed by atoms with E-state index in [1.54, 1.807) is 23.1 Å². The summed E-state index contributed by atoms with van der Waals surface area (Å²) in [6.45, 7) is 6.48. The molecule has 0 fully saturated rings. The van der Waals surface area contributed by atoms with Gasteiger partial charge in [0.1, 0.15) is 5.03 Å². The maximum atomic E-state index is 5.88. The molecule has 15 heavy (non-hydrogen) atoms. The molecule has 2 aromatic rings. The number of hydrogen-bond donors (Lipinski definition) is 0. The summed E-state index contributed by atoms with van der Waals surface area (Å²) in [4.78, 5) is 8.46. The van der Waals surface area contributed by atoms with E-state index in [4.69, 9.17) is 11.6 Å². The Morgan fingerprint density at radius 2 is 2.07 bits per heavy atom. The Kier molecular flexibility index (Phi) is 2.92. The van der Waals surface area contributed by atoms with Crippen molar-refractivity contribution in [2.24, 2.45) is 0 Å². The van der Waals surface area contributed by atoms with Gasteiger partial charge in [-0.05, 0) is 23.0 Å².